The van der Waals surface area contributed by atoms with Gasteiger partial charge in [0.25, 0.3) is 11.4 Å². The van der Waals surface area contributed by atoms with E-state index in [0.29, 0.717) is 33.3 Å². The second-order valence-electron chi connectivity index (χ2n) is 7.61. The van der Waals surface area contributed by atoms with Crippen molar-refractivity contribution in [2.24, 2.45) is 0 Å². The first-order valence-electron chi connectivity index (χ1n) is 11.9. The Morgan fingerprint density at radius 2 is 1.29 bits per heavy atom. The summed E-state index contributed by atoms with van der Waals surface area (Å²) in [6, 6.07) is 12.1. The lowest BCUT2D eigenvalue weighted by Gasteiger charge is -2.08. The highest BCUT2D eigenvalue weighted by atomic mass is 35.5. The number of carboxylic acid groups (broad SMARTS) is 1. The van der Waals surface area contributed by atoms with Crippen molar-refractivity contribution in [2.75, 3.05) is 12.9 Å². The number of benzene rings is 2. The van der Waals surface area contributed by atoms with E-state index in [4.69, 9.17) is 30.9 Å². The fraction of sp³-hybridized carbons (Fsp3) is 0.259. The monoisotopic (exact) mass is 604 g/mol. The van der Waals surface area contributed by atoms with E-state index < -0.39 is 15.8 Å². The number of halogens is 1. The Labute approximate surface area is 245 Å². The Morgan fingerprint density at radius 3 is 1.67 bits per heavy atom. The molecule has 0 saturated heterocycles. The van der Waals surface area contributed by atoms with Gasteiger partial charge in [-0.15, -0.1) is 0 Å². The summed E-state index contributed by atoms with van der Waals surface area (Å²) in [4.78, 5) is 49.3. The third kappa shape index (κ3) is 9.82. The van der Waals surface area contributed by atoms with Crippen LogP contribution >= 0.6 is 11.6 Å². The van der Waals surface area contributed by atoms with Crippen LogP contribution in [0.5, 0.6) is 11.5 Å². The number of esters is 1. The van der Waals surface area contributed by atoms with Gasteiger partial charge in [-0.05, 0) is 36.4 Å². The van der Waals surface area contributed by atoms with Gasteiger partial charge in [0, 0.05) is 37.4 Å². The van der Waals surface area contributed by atoms with E-state index in [1.165, 1.54) is 30.5 Å². The van der Waals surface area contributed by atoms with E-state index in [-0.39, 0.29) is 50.5 Å². The van der Waals surface area contributed by atoms with Crippen molar-refractivity contribution in [2.45, 2.75) is 34.1 Å². The van der Waals surface area contributed by atoms with Crippen LogP contribution in [0.4, 0.5) is 11.4 Å². The number of nitro groups is 2. The first-order valence-corrected chi connectivity index (χ1v) is 12.4. The molecule has 0 bridgehead atoms. The molecule has 15 heteroatoms. The van der Waals surface area contributed by atoms with Crippen LogP contribution < -0.4 is 9.47 Å². The quantitative estimate of drug-likeness (QED) is 0.0740. The predicted molar refractivity (Wildman–Crippen MR) is 155 cm³/mol. The molecule has 0 fully saturated rings. The molecule has 1 N–H and O–H groups in total. The molecule has 0 aliphatic carbocycles. The number of alkyl halides is 1. The number of carbonyl (C=O) groups excluding carboxylic acids is 1. The number of pyridine rings is 2. The summed E-state index contributed by atoms with van der Waals surface area (Å²) in [5, 5.41) is 30.3. The van der Waals surface area contributed by atoms with Gasteiger partial charge in [-0.3, -0.25) is 39.8 Å². The van der Waals surface area contributed by atoms with E-state index in [1.807, 2.05) is 0 Å². The minimum absolute atomic E-state index is 0. The van der Waals surface area contributed by atoms with E-state index in [2.05, 4.69) is 9.97 Å². The first-order chi connectivity index (χ1) is 19.6. The largest absolute Gasteiger partial charge is 0.481 e. The molecule has 0 unspecified atom stereocenters. The normalized spacial score (nSPS) is 9.69. The van der Waals surface area contributed by atoms with Gasteiger partial charge in [0.15, 0.2) is 6.07 Å². The number of nitrogens with zero attached hydrogens (tertiary/aromatic N) is 4. The number of nitro benzene ring substituents is 2. The molecule has 0 spiro atoms. The number of carboxylic acids is 1. The lowest BCUT2D eigenvalue weighted by Crippen LogP contribution is -2.09. The van der Waals surface area contributed by atoms with Crippen LogP contribution in [-0.2, 0) is 14.3 Å². The van der Waals surface area contributed by atoms with Crippen molar-refractivity contribution in [3.8, 4) is 11.5 Å². The Kier molecular flexibility index (Phi) is 14.6. The lowest BCUT2D eigenvalue weighted by atomic mass is 10.1. The van der Waals surface area contributed by atoms with E-state index in [1.54, 1.807) is 44.3 Å². The Morgan fingerprint density at radius 1 is 0.833 bits per heavy atom. The van der Waals surface area contributed by atoms with E-state index in [0.717, 1.165) is 0 Å². The summed E-state index contributed by atoms with van der Waals surface area (Å²) in [5.41, 5.74) is 0.752. The standard InChI is InChI=1S/C13H12N2O5.C10H7ClN2O3.C3H6O2.CH4/c1-2-12(16)20-8-19-11-6-5-10(15(17)18)9-4-3-7-14-13(9)11;11-6-16-9-4-3-8(13(14)15)7-2-1-5-12-10(7)9;1-2-3(4)5;/h3-7H,2,8H2,1H3;1-5H,6H2;2H2,1H3,(H,4,5);1H4. The highest BCUT2D eigenvalue weighted by molar-refractivity contribution is 6.17. The molecule has 2 aromatic carbocycles. The summed E-state index contributed by atoms with van der Waals surface area (Å²) in [5.74, 6) is -0.361. The molecule has 2 heterocycles. The summed E-state index contributed by atoms with van der Waals surface area (Å²) < 4.78 is 15.2. The maximum absolute atomic E-state index is 11.0. The molecular formula is C27H29ClN4O10. The molecule has 0 aliphatic rings. The first kappa shape index (κ1) is 34.9. The fourth-order valence-corrected chi connectivity index (χ4v) is 3.25. The number of fused-ring (bicyclic) bond motifs is 2. The van der Waals surface area contributed by atoms with Gasteiger partial charge in [0.05, 0.1) is 20.6 Å². The maximum atomic E-state index is 11.0. The van der Waals surface area contributed by atoms with Crippen LogP contribution in [0.3, 0.4) is 0 Å². The van der Waals surface area contributed by atoms with E-state index >= 15 is 0 Å². The number of aromatic nitrogens is 2. The van der Waals surface area contributed by atoms with Gasteiger partial charge < -0.3 is 19.3 Å². The Hall–Kier alpha value is -5.11. The third-order valence-electron chi connectivity index (χ3n) is 5.05. The molecule has 0 aliphatic heterocycles. The number of hydrogen-bond acceptors (Lipinski definition) is 11. The lowest BCUT2D eigenvalue weighted by molar-refractivity contribution is -0.383. The smallest absolute Gasteiger partial charge is 0.308 e. The zero-order chi connectivity index (χ0) is 30.4. The van der Waals surface area contributed by atoms with Crippen LogP contribution in [-0.4, -0.2) is 49.7 Å². The molecule has 0 amide bonds. The van der Waals surface area contributed by atoms with Crippen molar-refractivity contribution < 1.29 is 38.8 Å². The second kappa shape index (κ2) is 17.6. The molecule has 224 valence electrons. The molecule has 2 aromatic heterocycles. The molecule has 0 radical (unpaired) electrons. The van der Waals surface area contributed by atoms with Gasteiger partial charge in [-0.25, -0.2) is 0 Å². The second-order valence-corrected chi connectivity index (χ2v) is 7.83. The van der Waals surface area contributed by atoms with E-state index in [9.17, 15) is 29.8 Å². The van der Waals surface area contributed by atoms with Crippen molar-refractivity contribution in [3.05, 3.63) is 81.2 Å². The summed E-state index contributed by atoms with van der Waals surface area (Å²) in [7, 11) is 0. The average Bonchev–Trinajstić information content (AvgIpc) is 2.97. The zero-order valence-electron chi connectivity index (χ0n) is 21.9. The number of carbonyl (C=O) groups is 2. The predicted octanol–water partition coefficient (Wildman–Crippen LogP) is 6.27. The maximum Gasteiger partial charge on any atom is 0.308 e. The molecule has 4 aromatic rings. The molecule has 42 heavy (non-hydrogen) atoms. The topological polar surface area (TPSA) is 194 Å². The Balaban J connectivity index is 0.000000360. The van der Waals surface area contributed by atoms with Crippen LogP contribution in [0.15, 0.2) is 60.9 Å². The van der Waals surface area contributed by atoms with Gasteiger partial charge in [-0.2, -0.15) is 0 Å². The van der Waals surface area contributed by atoms with Crippen LogP contribution in [0, 0.1) is 20.2 Å². The minimum Gasteiger partial charge on any atom is -0.481 e. The zero-order valence-corrected chi connectivity index (χ0v) is 22.6. The molecule has 0 atom stereocenters. The Bertz CT molecular complexity index is 1530. The SMILES string of the molecule is C.CCC(=O)O.CCC(=O)OCOc1ccc([N+](=O)[O-])c2cccnc12.O=[N+]([O-])c1ccc(OCCl)c2ncccc12. The van der Waals surface area contributed by atoms with Crippen molar-refractivity contribution in [1.82, 2.24) is 9.97 Å². The van der Waals surface area contributed by atoms with Gasteiger partial charge in [0.1, 0.15) is 22.5 Å². The minimum atomic E-state index is -0.745. The average molecular weight is 605 g/mol. The number of rotatable bonds is 9. The van der Waals surface area contributed by atoms with Crippen LogP contribution in [0.25, 0.3) is 21.8 Å². The molecule has 4 rings (SSSR count). The summed E-state index contributed by atoms with van der Waals surface area (Å²) in [6.45, 7) is 3.02. The molecule has 14 nitrogen and oxygen atoms in total. The number of aliphatic carboxylic acids is 1. The molecular weight excluding hydrogens is 576 g/mol. The fourth-order valence-electron chi connectivity index (χ4n) is 3.13. The van der Waals surface area contributed by atoms with Gasteiger partial charge >= 0.3 is 11.9 Å². The number of hydrogen-bond donors (Lipinski definition) is 1. The summed E-state index contributed by atoms with van der Waals surface area (Å²) in [6.07, 6.45) is 3.53. The van der Waals surface area contributed by atoms with Crippen LogP contribution in [0.2, 0.25) is 0 Å². The number of ether oxygens (including phenoxy) is 3. The highest BCUT2D eigenvalue weighted by Gasteiger charge is 2.16. The van der Waals surface area contributed by atoms with Crippen molar-refractivity contribution in [3.63, 3.8) is 0 Å². The number of non-ortho nitro benzene ring substituents is 2. The van der Waals surface area contributed by atoms with Crippen molar-refractivity contribution in [1.29, 1.82) is 0 Å². The van der Waals surface area contributed by atoms with Crippen molar-refractivity contribution >= 4 is 56.7 Å². The highest BCUT2D eigenvalue weighted by Crippen LogP contribution is 2.32. The third-order valence-corrected chi connectivity index (χ3v) is 5.16. The van der Waals surface area contributed by atoms with Crippen LogP contribution in [0.1, 0.15) is 34.1 Å². The van der Waals surface area contributed by atoms with Gasteiger partial charge in [-0.1, -0.05) is 32.9 Å². The molecule has 0 saturated carbocycles. The summed E-state index contributed by atoms with van der Waals surface area (Å²) >= 11 is 5.45. The van der Waals surface area contributed by atoms with Gasteiger partial charge in [0.2, 0.25) is 6.79 Å².